The minimum atomic E-state index is -0.544. The molecule has 0 aliphatic heterocycles. The minimum Gasteiger partial charge on any atom is -0.207 e. The second-order valence-electron chi connectivity index (χ2n) is 12.9. The Kier molecular flexibility index (Phi) is 11.3. The maximum atomic E-state index is 13.7. The summed E-state index contributed by atoms with van der Waals surface area (Å²) in [6.07, 6.45) is 3.91. The zero-order chi connectivity index (χ0) is 35.9. The smallest absolute Gasteiger partial charge is 0.207 e. The molecule has 0 aliphatic rings. The molecule has 0 bridgehead atoms. The number of benzene rings is 4. The van der Waals surface area contributed by atoms with Crippen LogP contribution in [0.15, 0.2) is 134 Å². The summed E-state index contributed by atoms with van der Waals surface area (Å²) in [6, 6.07) is 40.1. The van der Waals surface area contributed by atoms with Crippen molar-refractivity contribution in [2.75, 3.05) is 0 Å². The number of fused-ring (bicyclic) bond motifs is 1. The Morgan fingerprint density at radius 3 is 1.56 bits per heavy atom. The van der Waals surface area contributed by atoms with Crippen LogP contribution in [0, 0.1) is 46.3 Å². The minimum absolute atomic E-state index is 0.449. The SMILES string of the molecule is Cc1cc(F)cc(F)c1-c1cccc[n+]1C.Cc1ccc(-c2ccc3ccccc3[n+]2C)c(C)c1.Cc1ccc(-c2cccc[n+]2C)c(C)c1. The zero-order valence-electron chi connectivity index (χ0n) is 30.3. The van der Waals surface area contributed by atoms with Crippen LogP contribution >= 0.6 is 0 Å². The fraction of sp³-hybridized carbons (Fsp3) is 0.178. The normalized spacial score (nSPS) is 10.6. The highest BCUT2D eigenvalue weighted by Gasteiger charge is 2.18. The number of aromatic nitrogens is 3. The number of para-hydroxylation sites is 1. The van der Waals surface area contributed by atoms with Gasteiger partial charge in [0.15, 0.2) is 12.4 Å². The van der Waals surface area contributed by atoms with E-state index in [2.05, 4.69) is 142 Å². The van der Waals surface area contributed by atoms with Crippen molar-refractivity contribution in [2.24, 2.45) is 21.1 Å². The second kappa shape index (κ2) is 15.8. The van der Waals surface area contributed by atoms with Gasteiger partial charge in [-0.25, -0.2) is 17.9 Å². The van der Waals surface area contributed by atoms with E-state index >= 15 is 0 Å². The second-order valence-corrected chi connectivity index (χ2v) is 12.9. The molecule has 3 nitrogen and oxygen atoms in total. The monoisotopic (exact) mass is 666 g/mol. The van der Waals surface area contributed by atoms with Crippen molar-refractivity contribution in [3.63, 3.8) is 0 Å². The van der Waals surface area contributed by atoms with Gasteiger partial charge in [0.05, 0.1) is 5.56 Å². The molecule has 0 N–H and O–H groups in total. The van der Waals surface area contributed by atoms with E-state index < -0.39 is 11.6 Å². The molecule has 7 rings (SSSR count). The van der Waals surface area contributed by atoms with Crippen molar-refractivity contribution in [2.45, 2.75) is 34.6 Å². The van der Waals surface area contributed by atoms with E-state index in [-0.39, 0.29) is 0 Å². The average molecular weight is 667 g/mol. The summed E-state index contributed by atoms with van der Waals surface area (Å²) in [5.41, 5.74) is 13.5. The van der Waals surface area contributed by atoms with Crippen LogP contribution in [0.4, 0.5) is 8.78 Å². The molecule has 7 aromatic rings. The van der Waals surface area contributed by atoms with Gasteiger partial charge >= 0.3 is 0 Å². The van der Waals surface area contributed by atoms with Gasteiger partial charge in [0.25, 0.3) is 0 Å². The third kappa shape index (κ3) is 8.18. The van der Waals surface area contributed by atoms with Gasteiger partial charge in [-0.1, -0.05) is 47.5 Å². The van der Waals surface area contributed by atoms with Crippen molar-refractivity contribution >= 4 is 10.9 Å². The Morgan fingerprint density at radius 1 is 0.460 bits per heavy atom. The molecule has 3 heterocycles. The largest absolute Gasteiger partial charge is 0.215 e. The fourth-order valence-corrected chi connectivity index (χ4v) is 6.43. The van der Waals surface area contributed by atoms with E-state index in [1.165, 1.54) is 61.7 Å². The first-order valence-corrected chi connectivity index (χ1v) is 16.8. The van der Waals surface area contributed by atoms with E-state index in [9.17, 15) is 8.78 Å². The molecule has 5 heteroatoms. The van der Waals surface area contributed by atoms with Crippen LogP contribution < -0.4 is 13.7 Å². The number of hydrogen-bond donors (Lipinski definition) is 0. The lowest BCUT2D eigenvalue weighted by atomic mass is 10.0. The number of hydrogen-bond acceptors (Lipinski definition) is 0. The van der Waals surface area contributed by atoms with Gasteiger partial charge in [-0.2, -0.15) is 4.57 Å². The average Bonchev–Trinajstić information content (AvgIpc) is 3.07. The molecule has 0 atom stereocenters. The lowest BCUT2D eigenvalue weighted by Gasteiger charge is -2.07. The summed E-state index contributed by atoms with van der Waals surface area (Å²) in [6.45, 7) is 10.3. The number of pyridine rings is 3. The van der Waals surface area contributed by atoms with Crippen LogP contribution in [-0.2, 0) is 21.1 Å². The molecule has 0 amide bonds. The molecule has 0 spiro atoms. The standard InChI is InChI=1S/C18H18N.C14H16N.C13H12F2N/c1-13-8-10-16(14(2)12-13)18-11-9-15-6-4-5-7-17(15)19(18)3;1-11-7-8-13(12(2)10-11)14-6-4-5-9-15(14)3;1-9-7-10(14)8-11(15)13(9)12-5-3-4-6-16(12)2/h4-12H,1-3H3;4-10H,1-3H3;3-8H,1-2H3/q3*+1. The van der Waals surface area contributed by atoms with E-state index in [4.69, 9.17) is 0 Å². The lowest BCUT2D eigenvalue weighted by molar-refractivity contribution is -0.660. The quantitative estimate of drug-likeness (QED) is 0.167. The Hall–Kier alpha value is -5.55. The van der Waals surface area contributed by atoms with Crippen LogP contribution in [0.1, 0.15) is 27.8 Å². The molecule has 3 aromatic heterocycles. The van der Waals surface area contributed by atoms with Gasteiger partial charge in [0.1, 0.15) is 32.8 Å². The van der Waals surface area contributed by atoms with Crippen LogP contribution in [0.25, 0.3) is 44.7 Å². The predicted molar refractivity (Wildman–Crippen MR) is 200 cm³/mol. The van der Waals surface area contributed by atoms with Crippen molar-refractivity contribution in [3.8, 4) is 33.8 Å². The third-order valence-corrected chi connectivity index (χ3v) is 9.01. The van der Waals surface area contributed by atoms with E-state index in [0.717, 1.165) is 11.8 Å². The molecule has 0 unspecified atom stereocenters. The summed E-state index contributed by atoms with van der Waals surface area (Å²) in [5.74, 6) is -1.07. The number of rotatable bonds is 3. The van der Waals surface area contributed by atoms with E-state index in [1.807, 2.05) is 42.1 Å². The first kappa shape index (κ1) is 35.7. The van der Waals surface area contributed by atoms with Crippen molar-refractivity contribution in [3.05, 3.63) is 173 Å². The lowest BCUT2D eigenvalue weighted by Crippen LogP contribution is -2.32. The van der Waals surface area contributed by atoms with Gasteiger partial charge in [-0.15, -0.1) is 0 Å². The molecule has 252 valence electrons. The van der Waals surface area contributed by atoms with Crippen molar-refractivity contribution in [1.82, 2.24) is 0 Å². The molecule has 0 aliphatic carbocycles. The van der Waals surface area contributed by atoms with Gasteiger partial charge in [0.2, 0.25) is 22.6 Å². The summed E-state index contributed by atoms with van der Waals surface area (Å²) in [7, 11) is 6.04. The molecule has 0 fully saturated rings. The first-order chi connectivity index (χ1) is 23.9. The zero-order valence-corrected chi connectivity index (χ0v) is 30.3. The number of aryl methyl sites for hydroxylation is 8. The molecular formula is C45H46F2N3+3. The molecule has 0 radical (unpaired) electrons. The highest BCUT2D eigenvalue weighted by atomic mass is 19.1. The van der Waals surface area contributed by atoms with Gasteiger partial charge < -0.3 is 0 Å². The van der Waals surface area contributed by atoms with Crippen LogP contribution in [0.3, 0.4) is 0 Å². The van der Waals surface area contributed by atoms with Crippen LogP contribution in [0.5, 0.6) is 0 Å². The van der Waals surface area contributed by atoms with Crippen molar-refractivity contribution in [1.29, 1.82) is 0 Å². The first-order valence-electron chi connectivity index (χ1n) is 16.8. The topological polar surface area (TPSA) is 11.6 Å². The Bertz CT molecular complexity index is 2270. The summed E-state index contributed by atoms with van der Waals surface area (Å²) < 4.78 is 32.9. The highest BCUT2D eigenvalue weighted by Crippen LogP contribution is 2.25. The molecule has 50 heavy (non-hydrogen) atoms. The van der Waals surface area contributed by atoms with Crippen LogP contribution in [-0.4, -0.2) is 0 Å². The third-order valence-electron chi connectivity index (χ3n) is 9.01. The summed E-state index contributed by atoms with van der Waals surface area (Å²) in [5, 5.41) is 1.28. The number of halogens is 2. The molecule has 4 aromatic carbocycles. The maximum absolute atomic E-state index is 13.7. The van der Waals surface area contributed by atoms with Gasteiger partial charge in [-0.3, -0.25) is 0 Å². The highest BCUT2D eigenvalue weighted by molar-refractivity contribution is 5.77. The van der Waals surface area contributed by atoms with E-state index in [0.29, 0.717) is 11.1 Å². The van der Waals surface area contributed by atoms with Crippen molar-refractivity contribution < 1.29 is 22.5 Å². The fourth-order valence-electron chi connectivity index (χ4n) is 6.43. The van der Waals surface area contributed by atoms with Gasteiger partial charge in [0, 0.05) is 59.0 Å². The van der Waals surface area contributed by atoms with E-state index in [1.54, 1.807) is 6.92 Å². The Morgan fingerprint density at radius 2 is 1.00 bits per heavy atom. The molecule has 0 saturated carbocycles. The maximum Gasteiger partial charge on any atom is 0.215 e. The summed E-state index contributed by atoms with van der Waals surface area (Å²) >= 11 is 0. The molecular weight excluding hydrogens is 621 g/mol. The van der Waals surface area contributed by atoms with Gasteiger partial charge in [-0.05, 0) is 93.8 Å². The van der Waals surface area contributed by atoms with Crippen LogP contribution in [0.2, 0.25) is 0 Å². The summed E-state index contributed by atoms with van der Waals surface area (Å²) in [4.78, 5) is 0. The number of nitrogens with zero attached hydrogens (tertiary/aromatic N) is 3. The Labute approximate surface area is 295 Å². The predicted octanol–water partition coefficient (Wildman–Crippen LogP) is 9.51. The Balaban J connectivity index is 0.000000147. The molecule has 0 saturated heterocycles.